The van der Waals surface area contributed by atoms with E-state index in [1.54, 1.807) is 13.2 Å². The molecule has 0 aliphatic carbocycles. The SMILES string of the molecule is COc1ccc(Cc2cc(C3O[C@@H](CO)C(O)C(O)C3O)cc3c2OCO3)cc1. The highest BCUT2D eigenvalue weighted by Gasteiger charge is 2.44. The van der Waals surface area contributed by atoms with Gasteiger partial charge in [0, 0.05) is 12.0 Å². The molecule has 0 bridgehead atoms. The van der Waals surface area contributed by atoms with Crippen LogP contribution in [0.4, 0.5) is 0 Å². The summed E-state index contributed by atoms with van der Waals surface area (Å²) in [5, 5.41) is 40.0. The van der Waals surface area contributed by atoms with Crippen LogP contribution >= 0.6 is 0 Å². The Morgan fingerprint density at radius 1 is 1.00 bits per heavy atom. The first kappa shape index (κ1) is 19.9. The lowest BCUT2D eigenvalue weighted by molar-refractivity contribution is -0.231. The van der Waals surface area contributed by atoms with Gasteiger partial charge in [-0.15, -0.1) is 0 Å². The van der Waals surface area contributed by atoms with Crippen LogP contribution in [-0.4, -0.2) is 65.4 Å². The van der Waals surface area contributed by atoms with Crippen molar-refractivity contribution in [3.63, 3.8) is 0 Å². The predicted molar refractivity (Wildman–Crippen MR) is 101 cm³/mol. The molecule has 2 aromatic rings. The Morgan fingerprint density at radius 2 is 1.76 bits per heavy atom. The van der Waals surface area contributed by atoms with Crippen LogP contribution in [0, 0.1) is 0 Å². The molecule has 4 rings (SSSR count). The van der Waals surface area contributed by atoms with Crippen molar-refractivity contribution in [2.24, 2.45) is 0 Å². The number of aliphatic hydroxyl groups excluding tert-OH is 4. The quantitative estimate of drug-likeness (QED) is 0.570. The Morgan fingerprint density at radius 3 is 2.45 bits per heavy atom. The van der Waals surface area contributed by atoms with Crippen LogP contribution in [0.25, 0.3) is 0 Å². The summed E-state index contributed by atoms with van der Waals surface area (Å²) in [6, 6.07) is 11.1. The zero-order chi connectivity index (χ0) is 20.5. The average molecular weight is 404 g/mol. The van der Waals surface area contributed by atoms with E-state index in [1.165, 1.54) is 0 Å². The zero-order valence-corrected chi connectivity index (χ0v) is 15.9. The van der Waals surface area contributed by atoms with Gasteiger partial charge in [0.15, 0.2) is 11.5 Å². The minimum absolute atomic E-state index is 0.0864. The van der Waals surface area contributed by atoms with Crippen molar-refractivity contribution < 1.29 is 39.4 Å². The number of methoxy groups -OCH3 is 1. The van der Waals surface area contributed by atoms with E-state index >= 15 is 0 Å². The Bertz CT molecular complexity index is 851. The molecule has 1 saturated heterocycles. The molecule has 2 aliphatic heterocycles. The minimum atomic E-state index is -1.44. The number of hydrogen-bond acceptors (Lipinski definition) is 8. The number of rotatable bonds is 5. The van der Waals surface area contributed by atoms with Gasteiger partial charge in [-0.2, -0.15) is 0 Å². The van der Waals surface area contributed by atoms with Crippen LogP contribution in [0.15, 0.2) is 36.4 Å². The van der Waals surface area contributed by atoms with Crippen molar-refractivity contribution >= 4 is 0 Å². The fourth-order valence-electron chi connectivity index (χ4n) is 3.74. The van der Waals surface area contributed by atoms with E-state index in [9.17, 15) is 20.4 Å². The maximum atomic E-state index is 10.5. The summed E-state index contributed by atoms with van der Waals surface area (Å²) in [4.78, 5) is 0. The van der Waals surface area contributed by atoms with Gasteiger partial charge >= 0.3 is 0 Å². The van der Waals surface area contributed by atoms with Crippen LogP contribution < -0.4 is 14.2 Å². The summed E-state index contributed by atoms with van der Waals surface area (Å²) in [6.07, 6.45) is -5.58. The Labute approximate surface area is 167 Å². The summed E-state index contributed by atoms with van der Waals surface area (Å²) in [5.74, 6) is 1.89. The van der Waals surface area contributed by atoms with Crippen LogP contribution in [0.1, 0.15) is 22.8 Å². The highest BCUT2D eigenvalue weighted by Crippen LogP contribution is 2.42. The molecule has 8 nitrogen and oxygen atoms in total. The molecule has 0 radical (unpaired) electrons. The predicted octanol–water partition coefficient (Wildman–Crippen LogP) is 0.530. The maximum absolute atomic E-state index is 10.5. The Kier molecular flexibility index (Phi) is 5.62. The normalized spacial score (nSPS) is 28.4. The second kappa shape index (κ2) is 8.17. The van der Waals surface area contributed by atoms with E-state index in [4.69, 9.17) is 18.9 Å². The van der Waals surface area contributed by atoms with Crippen LogP contribution in [-0.2, 0) is 11.2 Å². The van der Waals surface area contributed by atoms with E-state index in [2.05, 4.69) is 0 Å². The fourth-order valence-corrected chi connectivity index (χ4v) is 3.74. The molecule has 2 heterocycles. The highest BCUT2D eigenvalue weighted by atomic mass is 16.7. The van der Waals surface area contributed by atoms with Gasteiger partial charge < -0.3 is 39.4 Å². The maximum Gasteiger partial charge on any atom is 0.231 e. The highest BCUT2D eigenvalue weighted by molar-refractivity contribution is 5.53. The molecule has 0 amide bonds. The standard InChI is InChI=1S/C21H24O8/c1-26-14-4-2-11(3-5-14)6-12-7-13(8-15-20(12)28-10-27-15)21-19(25)18(24)17(23)16(9-22)29-21/h2-5,7-8,16-19,21-25H,6,9-10H2,1H3/t16-,17?,18?,19?,21?/m0/s1. The molecule has 4 N–H and O–H groups in total. The number of fused-ring (bicyclic) bond motifs is 1. The zero-order valence-electron chi connectivity index (χ0n) is 15.9. The summed E-state index contributed by atoms with van der Waals surface area (Å²) >= 11 is 0. The third-order valence-corrected chi connectivity index (χ3v) is 5.35. The van der Waals surface area contributed by atoms with Crippen molar-refractivity contribution in [2.75, 3.05) is 20.5 Å². The lowest BCUT2D eigenvalue weighted by Crippen LogP contribution is -2.55. The van der Waals surface area contributed by atoms with Crippen LogP contribution in [0.3, 0.4) is 0 Å². The first-order valence-corrected chi connectivity index (χ1v) is 9.37. The van der Waals surface area contributed by atoms with Gasteiger partial charge in [-0.25, -0.2) is 0 Å². The third-order valence-electron chi connectivity index (χ3n) is 5.35. The topological polar surface area (TPSA) is 118 Å². The van der Waals surface area contributed by atoms with Gasteiger partial charge in [0.1, 0.15) is 36.3 Å². The number of benzene rings is 2. The first-order chi connectivity index (χ1) is 14.0. The van der Waals surface area contributed by atoms with Gasteiger partial charge in [0.25, 0.3) is 0 Å². The molecule has 0 aromatic heterocycles. The summed E-state index contributed by atoms with van der Waals surface area (Å²) < 4.78 is 22.0. The lowest BCUT2D eigenvalue weighted by Gasteiger charge is -2.40. The van der Waals surface area contributed by atoms with Crippen LogP contribution in [0.2, 0.25) is 0 Å². The van der Waals surface area contributed by atoms with Gasteiger partial charge in [-0.05, 0) is 35.4 Å². The van der Waals surface area contributed by atoms with Gasteiger partial charge in [0.05, 0.1) is 13.7 Å². The minimum Gasteiger partial charge on any atom is -0.497 e. The second-order valence-corrected chi connectivity index (χ2v) is 7.19. The molecule has 29 heavy (non-hydrogen) atoms. The molecule has 0 saturated carbocycles. The summed E-state index contributed by atoms with van der Waals surface area (Å²) in [7, 11) is 1.61. The molecule has 8 heteroatoms. The summed E-state index contributed by atoms with van der Waals surface area (Å²) in [5.41, 5.74) is 2.42. The van der Waals surface area contributed by atoms with Crippen molar-refractivity contribution in [3.8, 4) is 17.2 Å². The van der Waals surface area contributed by atoms with Gasteiger partial charge in [-0.1, -0.05) is 12.1 Å². The van der Waals surface area contributed by atoms with Crippen molar-refractivity contribution in [1.82, 2.24) is 0 Å². The molecule has 2 aliphatic rings. The van der Waals surface area contributed by atoms with Crippen molar-refractivity contribution in [3.05, 3.63) is 53.1 Å². The molecule has 156 valence electrons. The summed E-state index contributed by atoms with van der Waals surface area (Å²) in [6.45, 7) is -0.395. The fraction of sp³-hybridized carbons (Fsp3) is 0.429. The number of hydrogen-bond donors (Lipinski definition) is 4. The first-order valence-electron chi connectivity index (χ1n) is 9.37. The second-order valence-electron chi connectivity index (χ2n) is 7.19. The number of aliphatic hydroxyl groups is 4. The molecule has 2 aromatic carbocycles. The Balaban J connectivity index is 1.67. The molecule has 5 atom stereocenters. The molecule has 4 unspecified atom stereocenters. The van der Waals surface area contributed by atoms with Gasteiger partial charge in [-0.3, -0.25) is 0 Å². The van der Waals surface area contributed by atoms with E-state index < -0.39 is 37.1 Å². The Hall–Kier alpha value is -2.36. The van der Waals surface area contributed by atoms with E-state index in [-0.39, 0.29) is 6.79 Å². The molecular formula is C21H24O8. The lowest BCUT2D eigenvalue weighted by atomic mass is 9.89. The monoisotopic (exact) mass is 404 g/mol. The van der Waals surface area contributed by atoms with Gasteiger partial charge in [0.2, 0.25) is 6.79 Å². The molecule has 0 spiro atoms. The molecule has 1 fully saturated rings. The third kappa shape index (κ3) is 3.77. The molecular weight excluding hydrogens is 380 g/mol. The van der Waals surface area contributed by atoms with E-state index in [1.807, 2.05) is 30.3 Å². The van der Waals surface area contributed by atoms with E-state index in [0.29, 0.717) is 23.5 Å². The van der Waals surface area contributed by atoms with Crippen LogP contribution in [0.5, 0.6) is 17.2 Å². The van der Waals surface area contributed by atoms with Crippen molar-refractivity contribution in [2.45, 2.75) is 36.9 Å². The largest absolute Gasteiger partial charge is 0.497 e. The van der Waals surface area contributed by atoms with E-state index in [0.717, 1.165) is 16.9 Å². The smallest absolute Gasteiger partial charge is 0.231 e. The van der Waals surface area contributed by atoms with Crippen molar-refractivity contribution in [1.29, 1.82) is 0 Å². The number of ether oxygens (including phenoxy) is 4. The average Bonchev–Trinajstić information content (AvgIpc) is 3.22.